The van der Waals surface area contributed by atoms with E-state index >= 15 is 0 Å². The summed E-state index contributed by atoms with van der Waals surface area (Å²) in [4.78, 5) is 15.7. The Morgan fingerprint density at radius 3 is 2.29 bits per heavy atom. The molecule has 2 unspecified atom stereocenters. The van der Waals surface area contributed by atoms with Crippen LogP contribution < -0.4 is 5.32 Å². The predicted octanol–water partition coefficient (Wildman–Crippen LogP) is 4.57. The molecule has 2 aromatic rings. The van der Waals surface area contributed by atoms with E-state index in [9.17, 15) is 18.5 Å². The van der Waals surface area contributed by atoms with E-state index in [0.29, 0.717) is 10.6 Å². The van der Waals surface area contributed by atoms with E-state index in [1.807, 2.05) is 49.3 Å². The number of hydrogen-bond acceptors (Lipinski definition) is 5. The number of carbonyl (C=O) groups excluding carboxylic acids is 1. The molecule has 0 saturated heterocycles. The van der Waals surface area contributed by atoms with E-state index in [0.717, 1.165) is 11.1 Å². The van der Waals surface area contributed by atoms with Crippen LogP contribution in [0.3, 0.4) is 0 Å². The number of rotatable bonds is 8. The number of nitrogens with one attached hydrogen (secondary N) is 1. The maximum Gasteiger partial charge on any atom is 0.233 e. The van der Waals surface area contributed by atoms with Crippen molar-refractivity contribution in [2.24, 2.45) is 11.3 Å². The zero-order valence-electron chi connectivity index (χ0n) is 19.8. The molecule has 35 heavy (non-hydrogen) atoms. The molecule has 6 nitrogen and oxygen atoms in total. The second-order valence-corrected chi connectivity index (χ2v) is 11.7. The van der Waals surface area contributed by atoms with Gasteiger partial charge in [0.1, 0.15) is 11.3 Å². The Bertz CT molecular complexity index is 1300. The van der Waals surface area contributed by atoms with Crippen LogP contribution >= 0.6 is 23.2 Å². The quantitative estimate of drug-likeness (QED) is 0.538. The highest BCUT2D eigenvalue weighted by Gasteiger charge is 2.50. The van der Waals surface area contributed by atoms with Crippen LogP contribution in [0.25, 0.3) is 5.57 Å². The summed E-state index contributed by atoms with van der Waals surface area (Å²) in [5.74, 6) is -1.34. The number of carbonyl (C=O) groups is 1. The van der Waals surface area contributed by atoms with Gasteiger partial charge in [-0.1, -0.05) is 72.6 Å². The van der Waals surface area contributed by atoms with Crippen LogP contribution in [0.4, 0.5) is 0 Å². The van der Waals surface area contributed by atoms with Gasteiger partial charge in [-0.3, -0.25) is 4.79 Å². The van der Waals surface area contributed by atoms with Crippen molar-refractivity contribution in [2.75, 3.05) is 26.4 Å². The first-order valence-electron chi connectivity index (χ1n) is 11.0. The van der Waals surface area contributed by atoms with E-state index in [2.05, 4.69) is 11.4 Å². The summed E-state index contributed by atoms with van der Waals surface area (Å²) in [6.45, 7) is 1.95. The minimum Gasteiger partial charge on any atom is -0.351 e. The molecule has 3 rings (SSSR count). The van der Waals surface area contributed by atoms with Gasteiger partial charge < -0.3 is 10.2 Å². The van der Waals surface area contributed by atoms with Gasteiger partial charge in [0.25, 0.3) is 0 Å². The first-order chi connectivity index (χ1) is 16.6. The van der Waals surface area contributed by atoms with Crippen molar-refractivity contribution in [3.8, 4) is 6.07 Å². The molecule has 2 aromatic carbocycles. The standard InChI is InChI=1S/C26H27Cl2N3O3S/c1-4-35(33,34)20-12-10-18(11-13-20)16-30-25(32)26(17-31(2)3)14-22(27)23(24(28)21(26)15-29)19-8-6-5-7-9-19/h5-14,21H,4,16-17H2,1-3H3,(H,30,32). The molecule has 0 bridgehead atoms. The fraction of sp³-hybridized carbons (Fsp3) is 0.308. The molecule has 0 radical (unpaired) electrons. The molecule has 2 atom stereocenters. The maximum atomic E-state index is 13.6. The van der Waals surface area contributed by atoms with Gasteiger partial charge in [0, 0.05) is 28.7 Å². The Hall–Kier alpha value is -2.63. The number of amides is 1. The minimum absolute atomic E-state index is 0.0119. The third-order valence-corrected chi connectivity index (χ3v) is 8.39. The summed E-state index contributed by atoms with van der Waals surface area (Å²) >= 11 is 13.4. The highest BCUT2D eigenvalue weighted by atomic mass is 35.5. The third-order valence-electron chi connectivity index (χ3n) is 5.94. The van der Waals surface area contributed by atoms with Crippen molar-refractivity contribution in [3.05, 3.63) is 81.9 Å². The molecule has 0 aliphatic heterocycles. The molecule has 184 valence electrons. The van der Waals surface area contributed by atoms with Crippen LogP contribution in [0.15, 0.2) is 75.6 Å². The fourth-order valence-corrected chi connectivity index (χ4v) is 5.97. The zero-order chi connectivity index (χ0) is 25.8. The number of nitriles is 1. The van der Waals surface area contributed by atoms with Gasteiger partial charge in [-0.2, -0.15) is 5.26 Å². The van der Waals surface area contributed by atoms with Crippen LogP contribution in [0.5, 0.6) is 0 Å². The number of benzene rings is 2. The zero-order valence-corrected chi connectivity index (χ0v) is 22.1. The lowest BCUT2D eigenvalue weighted by Crippen LogP contribution is -2.51. The van der Waals surface area contributed by atoms with Gasteiger partial charge >= 0.3 is 0 Å². The Balaban J connectivity index is 1.94. The summed E-state index contributed by atoms with van der Waals surface area (Å²) in [5, 5.41) is 13.5. The lowest BCUT2D eigenvalue weighted by atomic mass is 9.69. The van der Waals surface area contributed by atoms with Crippen LogP contribution in [0, 0.1) is 22.7 Å². The summed E-state index contributed by atoms with van der Waals surface area (Å²) in [6, 6.07) is 17.9. The topological polar surface area (TPSA) is 90.3 Å². The Kier molecular flexibility index (Phi) is 8.45. The molecule has 1 amide bonds. The van der Waals surface area contributed by atoms with E-state index < -0.39 is 27.1 Å². The van der Waals surface area contributed by atoms with Crippen LogP contribution in [0.2, 0.25) is 0 Å². The monoisotopic (exact) mass is 531 g/mol. The van der Waals surface area contributed by atoms with Crippen molar-refractivity contribution < 1.29 is 13.2 Å². The number of nitrogens with zero attached hydrogens (tertiary/aromatic N) is 2. The molecule has 0 saturated carbocycles. The summed E-state index contributed by atoms with van der Waals surface area (Å²) in [7, 11) is 0.307. The fourth-order valence-electron chi connectivity index (χ4n) is 4.18. The largest absolute Gasteiger partial charge is 0.351 e. The number of sulfone groups is 1. The average molecular weight is 532 g/mol. The lowest BCUT2D eigenvalue weighted by Gasteiger charge is -2.39. The van der Waals surface area contributed by atoms with Gasteiger partial charge in [0.15, 0.2) is 9.84 Å². The molecule has 0 heterocycles. The smallest absolute Gasteiger partial charge is 0.233 e. The highest BCUT2D eigenvalue weighted by Crippen LogP contribution is 2.49. The summed E-state index contributed by atoms with van der Waals surface area (Å²) in [6.07, 6.45) is 1.63. The van der Waals surface area contributed by atoms with Gasteiger partial charge in [-0.05, 0) is 43.4 Å². The first kappa shape index (κ1) is 27.0. The van der Waals surface area contributed by atoms with Crippen molar-refractivity contribution in [3.63, 3.8) is 0 Å². The third kappa shape index (κ3) is 5.62. The van der Waals surface area contributed by atoms with Crippen LogP contribution in [-0.4, -0.2) is 45.6 Å². The summed E-state index contributed by atoms with van der Waals surface area (Å²) < 4.78 is 24.1. The molecular weight excluding hydrogens is 505 g/mol. The predicted molar refractivity (Wildman–Crippen MR) is 139 cm³/mol. The van der Waals surface area contributed by atoms with Gasteiger partial charge in [-0.15, -0.1) is 0 Å². The van der Waals surface area contributed by atoms with Crippen LogP contribution in [0.1, 0.15) is 18.1 Å². The van der Waals surface area contributed by atoms with E-state index in [1.165, 1.54) is 12.1 Å². The normalized spacial score (nSPS) is 20.4. The van der Waals surface area contributed by atoms with E-state index in [-0.39, 0.29) is 28.8 Å². The van der Waals surface area contributed by atoms with Gasteiger partial charge in [0.2, 0.25) is 5.91 Å². The van der Waals surface area contributed by atoms with Crippen molar-refractivity contribution >= 4 is 44.5 Å². The Labute approximate surface area is 216 Å². The van der Waals surface area contributed by atoms with Gasteiger partial charge in [-0.25, -0.2) is 8.42 Å². The second-order valence-electron chi connectivity index (χ2n) is 8.65. The molecule has 1 N–H and O–H groups in total. The molecule has 1 aliphatic rings. The Morgan fingerprint density at radius 2 is 1.74 bits per heavy atom. The van der Waals surface area contributed by atoms with E-state index in [1.54, 1.807) is 25.1 Å². The molecule has 1 aliphatic carbocycles. The first-order valence-corrected chi connectivity index (χ1v) is 13.4. The molecular formula is C26H27Cl2N3O3S. The van der Waals surface area contributed by atoms with Crippen LogP contribution in [-0.2, 0) is 21.2 Å². The molecule has 0 fully saturated rings. The molecule has 9 heteroatoms. The highest BCUT2D eigenvalue weighted by molar-refractivity contribution is 7.91. The minimum atomic E-state index is -3.31. The second kappa shape index (κ2) is 11.0. The van der Waals surface area contributed by atoms with Crippen molar-refractivity contribution in [1.29, 1.82) is 5.26 Å². The average Bonchev–Trinajstić information content (AvgIpc) is 2.83. The van der Waals surface area contributed by atoms with Gasteiger partial charge in [0.05, 0.1) is 16.7 Å². The Morgan fingerprint density at radius 1 is 1.11 bits per heavy atom. The maximum absolute atomic E-state index is 13.6. The molecule has 0 spiro atoms. The number of allylic oxidation sites excluding steroid dienone is 3. The number of halogens is 2. The lowest BCUT2D eigenvalue weighted by molar-refractivity contribution is -0.130. The SMILES string of the molecule is CCS(=O)(=O)c1ccc(CNC(=O)C2(CN(C)C)C=C(Cl)C(c3ccccc3)=C(Cl)C2C#N)cc1. The van der Waals surface area contributed by atoms with Crippen molar-refractivity contribution in [2.45, 2.75) is 18.4 Å². The van der Waals surface area contributed by atoms with Crippen molar-refractivity contribution in [1.82, 2.24) is 10.2 Å². The number of hydrogen-bond donors (Lipinski definition) is 1. The summed E-state index contributed by atoms with van der Waals surface area (Å²) in [5.41, 5.74) is 0.700. The van der Waals surface area contributed by atoms with E-state index in [4.69, 9.17) is 23.2 Å². The molecule has 0 aromatic heterocycles.